The lowest BCUT2D eigenvalue weighted by Crippen LogP contribution is -2.19. The second kappa shape index (κ2) is 4.92. The molecule has 2 aromatic carbocycles. The zero-order valence-corrected chi connectivity index (χ0v) is 11.8. The molecular formula is C16H13FN4O. The molecular weight excluding hydrogens is 283 g/mol. The first-order valence-corrected chi connectivity index (χ1v) is 6.92. The van der Waals surface area contributed by atoms with Crippen molar-refractivity contribution in [3.63, 3.8) is 0 Å². The summed E-state index contributed by atoms with van der Waals surface area (Å²) in [5.74, 6) is 0.775. The van der Waals surface area contributed by atoms with Crippen LogP contribution in [0.5, 0.6) is 0 Å². The molecule has 5 nitrogen and oxygen atoms in total. The molecule has 0 fully saturated rings. The smallest absolute Gasteiger partial charge is 0.247 e. The van der Waals surface area contributed by atoms with E-state index < -0.39 is 0 Å². The Hall–Kier alpha value is -2.73. The molecule has 22 heavy (non-hydrogen) atoms. The highest BCUT2D eigenvalue weighted by atomic mass is 19.1. The van der Waals surface area contributed by atoms with Crippen molar-refractivity contribution in [3.05, 3.63) is 65.3 Å². The van der Waals surface area contributed by atoms with Gasteiger partial charge in [0.05, 0.1) is 11.7 Å². The Kier molecular flexibility index (Phi) is 2.90. The van der Waals surface area contributed by atoms with Gasteiger partial charge < -0.3 is 9.84 Å². The number of nitrogens with one attached hydrogen (secondary N) is 2. The number of aryl methyl sites for hydroxylation is 1. The lowest BCUT2D eigenvalue weighted by molar-refractivity contribution is 0.532. The third-order valence-corrected chi connectivity index (χ3v) is 3.69. The van der Waals surface area contributed by atoms with Gasteiger partial charge in [0.15, 0.2) is 0 Å². The highest BCUT2D eigenvalue weighted by Gasteiger charge is 2.24. The molecule has 1 aliphatic heterocycles. The molecule has 0 amide bonds. The van der Waals surface area contributed by atoms with Crippen LogP contribution in [0.25, 0.3) is 11.5 Å². The van der Waals surface area contributed by atoms with Gasteiger partial charge in [0.2, 0.25) is 11.8 Å². The van der Waals surface area contributed by atoms with E-state index in [0.717, 1.165) is 22.4 Å². The van der Waals surface area contributed by atoms with Crippen molar-refractivity contribution in [2.24, 2.45) is 0 Å². The lowest BCUT2D eigenvalue weighted by Gasteiger charge is -2.11. The van der Waals surface area contributed by atoms with Crippen LogP contribution in [0.4, 0.5) is 10.1 Å². The van der Waals surface area contributed by atoms with Gasteiger partial charge in [-0.1, -0.05) is 12.1 Å². The van der Waals surface area contributed by atoms with Crippen molar-refractivity contribution < 1.29 is 8.81 Å². The monoisotopic (exact) mass is 296 g/mol. The van der Waals surface area contributed by atoms with Crippen LogP contribution in [0.1, 0.15) is 23.1 Å². The summed E-state index contributed by atoms with van der Waals surface area (Å²) in [6.45, 7) is 1.76. The summed E-state index contributed by atoms with van der Waals surface area (Å²) < 4.78 is 18.6. The number of hydrazine groups is 1. The minimum atomic E-state index is -0.245. The number of fused-ring (bicyclic) bond motifs is 1. The maximum Gasteiger partial charge on any atom is 0.247 e. The van der Waals surface area contributed by atoms with Gasteiger partial charge in [0, 0.05) is 18.1 Å². The Morgan fingerprint density at radius 2 is 1.91 bits per heavy atom. The zero-order valence-electron chi connectivity index (χ0n) is 11.8. The fraction of sp³-hybridized carbons (Fsp3) is 0.125. The molecule has 4 rings (SSSR count). The zero-order chi connectivity index (χ0) is 15.1. The Morgan fingerprint density at radius 1 is 1.09 bits per heavy atom. The van der Waals surface area contributed by atoms with Gasteiger partial charge in [0.1, 0.15) is 5.82 Å². The molecule has 0 saturated carbocycles. The highest BCUT2D eigenvalue weighted by Crippen LogP contribution is 2.35. The van der Waals surface area contributed by atoms with Gasteiger partial charge in [-0.25, -0.2) is 9.82 Å². The fourth-order valence-electron chi connectivity index (χ4n) is 2.61. The topological polar surface area (TPSA) is 63.0 Å². The van der Waals surface area contributed by atoms with E-state index in [2.05, 4.69) is 21.0 Å². The standard InChI is InChI=1S/C16H13FN4O/c1-9-18-21-16(22-9)11-4-7-14-13(8-11)15(20-19-14)10-2-5-12(17)6-3-10/h2-8,15,19-20H,1H3. The van der Waals surface area contributed by atoms with E-state index in [1.54, 1.807) is 19.1 Å². The van der Waals surface area contributed by atoms with Crippen molar-refractivity contribution >= 4 is 5.69 Å². The summed E-state index contributed by atoms with van der Waals surface area (Å²) in [5, 5.41) is 7.90. The van der Waals surface area contributed by atoms with E-state index in [0.29, 0.717) is 11.8 Å². The Labute approximate surface area is 126 Å². The number of hydrogen-bond acceptors (Lipinski definition) is 5. The summed E-state index contributed by atoms with van der Waals surface area (Å²) in [5.41, 5.74) is 10.2. The Bertz CT molecular complexity index is 828. The summed E-state index contributed by atoms with van der Waals surface area (Å²) in [6, 6.07) is 12.3. The van der Waals surface area contributed by atoms with Gasteiger partial charge in [-0.15, -0.1) is 10.2 Å². The minimum absolute atomic E-state index is 0.0560. The third kappa shape index (κ3) is 2.14. The van der Waals surface area contributed by atoms with E-state index in [1.807, 2.05) is 18.2 Å². The number of nitrogens with zero attached hydrogens (tertiary/aromatic N) is 2. The molecule has 0 bridgehead atoms. The number of benzene rings is 2. The molecule has 0 spiro atoms. The van der Waals surface area contributed by atoms with Crippen LogP contribution in [0.2, 0.25) is 0 Å². The molecule has 0 aliphatic carbocycles. The predicted molar refractivity (Wildman–Crippen MR) is 79.5 cm³/mol. The Morgan fingerprint density at radius 3 is 2.64 bits per heavy atom. The van der Waals surface area contributed by atoms with Crippen LogP contribution in [-0.4, -0.2) is 10.2 Å². The average molecular weight is 296 g/mol. The average Bonchev–Trinajstić information content (AvgIpc) is 3.14. The molecule has 3 aromatic rings. The van der Waals surface area contributed by atoms with E-state index in [-0.39, 0.29) is 11.9 Å². The van der Waals surface area contributed by atoms with Gasteiger partial charge in [-0.2, -0.15) is 0 Å². The molecule has 1 aliphatic rings. The molecule has 1 aromatic heterocycles. The first kappa shape index (κ1) is 13.0. The van der Waals surface area contributed by atoms with Crippen LogP contribution in [0, 0.1) is 12.7 Å². The van der Waals surface area contributed by atoms with Crippen LogP contribution in [-0.2, 0) is 0 Å². The quantitative estimate of drug-likeness (QED) is 0.760. The SMILES string of the molecule is Cc1nnc(-c2ccc3c(c2)C(c2ccc(F)cc2)NN3)o1. The third-order valence-electron chi connectivity index (χ3n) is 3.69. The lowest BCUT2D eigenvalue weighted by atomic mass is 9.97. The fourth-order valence-corrected chi connectivity index (χ4v) is 2.61. The molecule has 110 valence electrons. The van der Waals surface area contributed by atoms with Crippen LogP contribution in [0.15, 0.2) is 46.9 Å². The normalized spacial score (nSPS) is 16.4. The van der Waals surface area contributed by atoms with E-state index >= 15 is 0 Å². The summed E-state index contributed by atoms with van der Waals surface area (Å²) in [4.78, 5) is 0. The second-order valence-electron chi connectivity index (χ2n) is 5.18. The summed E-state index contributed by atoms with van der Waals surface area (Å²) >= 11 is 0. The number of aromatic nitrogens is 2. The van der Waals surface area contributed by atoms with Crippen molar-refractivity contribution in [2.75, 3.05) is 5.43 Å². The molecule has 0 radical (unpaired) electrons. The van der Waals surface area contributed by atoms with Gasteiger partial charge in [-0.05, 0) is 35.9 Å². The molecule has 0 saturated heterocycles. The van der Waals surface area contributed by atoms with Crippen LogP contribution in [0.3, 0.4) is 0 Å². The van der Waals surface area contributed by atoms with Gasteiger partial charge in [0.25, 0.3) is 0 Å². The molecule has 1 atom stereocenters. The van der Waals surface area contributed by atoms with Crippen LogP contribution < -0.4 is 10.9 Å². The van der Waals surface area contributed by atoms with Crippen LogP contribution >= 0.6 is 0 Å². The van der Waals surface area contributed by atoms with Crippen molar-refractivity contribution in [1.29, 1.82) is 0 Å². The predicted octanol–water partition coefficient (Wildman–Crippen LogP) is 3.20. The molecule has 2 heterocycles. The van der Waals surface area contributed by atoms with Gasteiger partial charge in [-0.3, -0.25) is 0 Å². The van der Waals surface area contributed by atoms with Crippen molar-refractivity contribution in [1.82, 2.24) is 15.6 Å². The maximum atomic E-state index is 13.1. The maximum absolute atomic E-state index is 13.1. The largest absolute Gasteiger partial charge is 0.421 e. The first-order valence-electron chi connectivity index (χ1n) is 6.92. The number of hydrogen-bond donors (Lipinski definition) is 2. The van der Waals surface area contributed by atoms with E-state index in [4.69, 9.17) is 4.42 Å². The molecule has 6 heteroatoms. The van der Waals surface area contributed by atoms with E-state index in [1.165, 1.54) is 12.1 Å². The van der Waals surface area contributed by atoms with Gasteiger partial charge >= 0.3 is 0 Å². The second-order valence-corrected chi connectivity index (χ2v) is 5.18. The molecule has 1 unspecified atom stereocenters. The summed E-state index contributed by atoms with van der Waals surface area (Å²) in [7, 11) is 0. The highest BCUT2D eigenvalue weighted by molar-refractivity contribution is 5.66. The minimum Gasteiger partial charge on any atom is -0.421 e. The number of halogens is 1. The first-order chi connectivity index (χ1) is 10.7. The van der Waals surface area contributed by atoms with Crippen molar-refractivity contribution in [2.45, 2.75) is 13.0 Å². The summed E-state index contributed by atoms with van der Waals surface area (Å²) in [6.07, 6.45) is 0. The van der Waals surface area contributed by atoms with E-state index in [9.17, 15) is 4.39 Å². The Balaban J connectivity index is 1.75. The number of anilines is 1. The molecule has 2 N–H and O–H groups in total. The number of rotatable bonds is 2. The van der Waals surface area contributed by atoms with Crippen molar-refractivity contribution in [3.8, 4) is 11.5 Å².